The van der Waals surface area contributed by atoms with Crippen LogP contribution in [-0.4, -0.2) is 32.0 Å². The van der Waals surface area contributed by atoms with Crippen molar-refractivity contribution in [3.63, 3.8) is 0 Å². The highest BCUT2D eigenvalue weighted by Crippen LogP contribution is 2.15. The van der Waals surface area contributed by atoms with E-state index in [2.05, 4.69) is 16.0 Å². The molecular weight excluding hydrogens is 242 g/mol. The summed E-state index contributed by atoms with van der Waals surface area (Å²) in [7, 11) is 1.60. The molecule has 3 N–H and O–H groups in total. The molecule has 0 aromatic heterocycles. The first-order chi connectivity index (χ1) is 9.17. The Morgan fingerprint density at radius 3 is 2.58 bits per heavy atom. The topological polar surface area (TPSA) is 70.2 Å². The van der Waals surface area contributed by atoms with Crippen LogP contribution in [0.2, 0.25) is 0 Å². The van der Waals surface area contributed by atoms with Crippen LogP contribution in [0.5, 0.6) is 0 Å². The minimum Gasteiger partial charge on any atom is -0.359 e. The minimum atomic E-state index is -0.0993. The highest BCUT2D eigenvalue weighted by atomic mass is 16.2. The van der Waals surface area contributed by atoms with Crippen LogP contribution < -0.4 is 16.0 Å². The molecule has 0 aliphatic heterocycles. The van der Waals surface area contributed by atoms with Gasteiger partial charge in [0.2, 0.25) is 11.8 Å². The van der Waals surface area contributed by atoms with Gasteiger partial charge in [-0.1, -0.05) is 25.1 Å². The maximum atomic E-state index is 11.7. The van der Waals surface area contributed by atoms with E-state index in [1.807, 2.05) is 25.1 Å². The standard InChI is InChI=1S/C14H21N3O2/c1-3-8-16-10-14(19)17-12-7-5-4-6-11(12)9-13(18)15-2/h4-7,16H,3,8-10H2,1-2H3,(H,15,18)(H,17,19). The SMILES string of the molecule is CCCNCC(=O)Nc1ccccc1CC(=O)NC. The van der Waals surface area contributed by atoms with Crippen LogP contribution in [0.1, 0.15) is 18.9 Å². The fraction of sp³-hybridized carbons (Fsp3) is 0.429. The van der Waals surface area contributed by atoms with E-state index in [0.717, 1.165) is 18.5 Å². The number of para-hydroxylation sites is 1. The van der Waals surface area contributed by atoms with Crippen molar-refractivity contribution in [3.8, 4) is 0 Å². The fourth-order valence-corrected chi connectivity index (χ4v) is 1.63. The fourth-order valence-electron chi connectivity index (χ4n) is 1.63. The van der Waals surface area contributed by atoms with Crippen LogP contribution in [0, 0.1) is 0 Å². The van der Waals surface area contributed by atoms with Crippen molar-refractivity contribution in [2.24, 2.45) is 0 Å². The molecule has 1 rings (SSSR count). The molecule has 0 bridgehead atoms. The molecule has 0 atom stereocenters. The number of benzene rings is 1. The van der Waals surface area contributed by atoms with Gasteiger partial charge < -0.3 is 16.0 Å². The second-order valence-electron chi connectivity index (χ2n) is 4.23. The molecule has 0 aliphatic rings. The summed E-state index contributed by atoms with van der Waals surface area (Å²) in [6, 6.07) is 7.33. The first-order valence-corrected chi connectivity index (χ1v) is 6.46. The molecule has 0 unspecified atom stereocenters. The normalized spacial score (nSPS) is 10.0. The van der Waals surface area contributed by atoms with Gasteiger partial charge in [-0.15, -0.1) is 0 Å². The number of anilines is 1. The Morgan fingerprint density at radius 2 is 1.89 bits per heavy atom. The highest BCUT2D eigenvalue weighted by molar-refractivity contribution is 5.93. The second-order valence-corrected chi connectivity index (χ2v) is 4.23. The number of hydrogen-bond donors (Lipinski definition) is 3. The summed E-state index contributed by atoms with van der Waals surface area (Å²) >= 11 is 0. The van der Waals surface area contributed by atoms with Crippen LogP contribution in [0.25, 0.3) is 0 Å². The Kier molecular flexibility index (Phi) is 6.60. The average Bonchev–Trinajstić information content (AvgIpc) is 2.41. The van der Waals surface area contributed by atoms with Gasteiger partial charge in [0.25, 0.3) is 0 Å². The van der Waals surface area contributed by atoms with Gasteiger partial charge in [0.15, 0.2) is 0 Å². The molecular formula is C14H21N3O2. The zero-order valence-electron chi connectivity index (χ0n) is 11.5. The molecule has 5 nitrogen and oxygen atoms in total. The monoisotopic (exact) mass is 263 g/mol. The van der Waals surface area contributed by atoms with Crippen molar-refractivity contribution in [2.75, 3.05) is 25.5 Å². The summed E-state index contributed by atoms with van der Waals surface area (Å²) in [5.41, 5.74) is 1.50. The highest BCUT2D eigenvalue weighted by Gasteiger charge is 2.08. The lowest BCUT2D eigenvalue weighted by atomic mass is 10.1. The number of nitrogens with one attached hydrogen (secondary N) is 3. The van der Waals surface area contributed by atoms with E-state index in [-0.39, 0.29) is 24.8 Å². The third kappa shape index (κ3) is 5.52. The lowest BCUT2D eigenvalue weighted by Gasteiger charge is -2.11. The molecule has 1 aromatic carbocycles. The Balaban J connectivity index is 2.61. The smallest absolute Gasteiger partial charge is 0.238 e. The van der Waals surface area contributed by atoms with E-state index >= 15 is 0 Å². The number of carbonyl (C=O) groups is 2. The molecule has 0 saturated heterocycles. The van der Waals surface area contributed by atoms with E-state index < -0.39 is 0 Å². The van der Waals surface area contributed by atoms with Crippen molar-refractivity contribution in [1.29, 1.82) is 0 Å². The van der Waals surface area contributed by atoms with Gasteiger partial charge in [-0.05, 0) is 24.6 Å². The van der Waals surface area contributed by atoms with Crippen LogP contribution >= 0.6 is 0 Å². The molecule has 0 radical (unpaired) electrons. The van der Waals surface area contributed by atoms with Gasteiger partial charge >= 0.3 is 0 Å². The number of likely N-dealkylation sites (N-methyl/N-ethyl adjacent to an activating group) is 1. The number of rotatable bonds is 7. The zero-order chi connectivity index (χ0) is 14.1. The van der Waals surface area contributed by atoms with E-state index in [1.54, 1.807) is 13.1 Å². The van der Waals surface area contributed by atoms with Crippen molar-refractivity contribution < 1.29 is 9.59 Å². The van der Waals surface area contributed by atoms with Crippen LogP contribution in [0.3, 0.4) is 0 Å². The van der Waals surface area contributed by atoms with E-state index in [1.165, 1.54) is 0 Å². The molecule has 104 valence electrons. The lowest BCUT2D eigenvalue weighted by molar-refractivity contribution is -0.120. The minimum absolute atomic E-state index is 0.0780. The summed E-state index contributed by atoms with van der Waals surface area (Å²) < 4.78 is 0. The van der Waals surface area contributed by atoms with Crippen molar-refractivity contribution in [2.45, 2.75) is 19.8 Å². The Hall–Kier alpha value is -1.88. The summed E-state index contributed by atoms with van der Waals surface area (Å²) in [6.45, 7) is 3.14. The first kappa shape index (κ1) is 15.2. The molecule has 0 fully saturated rings. The predicted octanol–water partition coefficient (Wildman–Crippen LogP) is 0.913. The van der Waals surface area contributed by atoms with Gasteiger partial charge in [0.05, 0.1) is 13.0 Å². The summed E-state index contributed by atoms with van der Waals surface area (Å²) in [6.07, 6.45) is 1.25. The Bertz CT molecular complexity index is 432. The molecule has 2 amide bonds. The van der Waals surface area contributed by atoms with Crippen molar-refractivity contribution in [1.82, 2.24) is 10.6 Å². The average molecular weight is 263 g/mol. The molecule has 0 saturated carbocycles. The molecule has 0 spiro atoms. The van der Waals surface area contributed by atoms with Gasteiger partial charge in [0, 0.05) is 12.7 Å². The second kappa shape index (κ2) is 8.26. The first-order valence-electron chi connectivity index (χ1n) is 6.46. The largest absolute Gasteiger partial charge is 0.359 e. The quantitative estimate of drug-likeness (QED) is 0.640. The maximum absolute atomic E-state index is 11.7. The van der Waals surface area contributed by atoms with Gasteiger partial charge in [-0.3, -0.25) is 9.59 Å². The molecule has 1 aromatic rings. The zero-order valence-corrected chi connectivity index (χ0v) is 11.5. The van der Waals surface area contributed by atoms with Crippen molar-refractivity contribution in [3.05, 3.63) is 29.8 Å². The molecule has 5 heteroatoms. The lowest BCUT2D eigenvalue weighted by Crippen LogP contribution is -2.29. The van der Waals surface area contributed by atoms with Gasteiger partial charge in [-0.2, -0.15) is 0 Å². The molecule has 0 aliphatic carbocycles. The third-order valence-electron chi connectivity index (χ3n) is 2.63. The number of hydrogen-bond acceptors (Lipinski definition) is 3. The van der Waals surface area contributed by atoms with Crippen LogP contribution in [0.15, 0.2) is 24.3 Å². The van der Waals surface area contributed by atoms with Crippen molar-refractivity contribution >= 4 is 17.5 Å². The summed E-state index contributed by atoms with van der Waals surface area (Å²) in [4.78, 5) is 23.1. The summed E-state index contributed by atoms with van der Waals surface area (Å²) in [5.74, 6) is -0.177. The predicted molar refractivity (Wildman–Crippen MR) is 76.0 cm³/mol. The van der Waals surface area contributed by atoms with E-state index in [0.29, 0.717) is 5.69 Å². The molecule has 19 heavy (non-hydrogen) atoms. The third-order valence-corrected chi connectivity index (χ3v) is 2.63. The summed E-state index contributed by atoms with van der Waals surface area (Å²) in [5, 5.41) is 8.42. The number of amides is 2. The Labute approximate surface area is 113 Å². The van der Waals surface area contributed by atoms with Gasteiger partial charge in [0.1, 0.15) is 0 Å². The molecule has 0 heterocycles. The number of carbonyl (C=O) groups excluding carboxylic acids is 2. The Morgan fingerprint density at radius 1 is 1.16 bits per heavy atom. The van der Waals surface area contributed by atoms with E-state index in [4.69, 9.17) is 0 Å². The van der Waals surface area contributed by atoms with Crippen LogP contribution in [0.4, 0.5) is 5.69 Å². The maximum Gasteiger partial charge on any atom is 0.238 e. The van der Waals surface area contributed by atoms with Crippen LogP contribution in [-0.2, 0) is 16.0 Å². The van der Waals surface area contributed by atoms with Gasteiger partial charge in [-0.25, -0.2) is 0 Å². The van der Waals surface area contributed by atoms with E-state index in [9.17, 15) is 9.59 Å².